The maximum atomic E-state index is 13.1. The van der Waals surface area contributed by atoms with Crippen molar-refractivity contribution in [2.45, 2.75) is 32.7 Å². The minimum atomic E-state index is -0.409. The first kappa shape index (κ1) is 19.4. The summed E-state index contributed by atoms with van der Waals surface area (Å²) in [5, 5.41) is 8.50. The average Bonchev–Trinajstić information content (AvgIpc) is 3.04. The van der Waals surface area contributed by atoms with Gasteiger partial charge in [-0.1, -0.05) is 26.8 Å². The third kappa shape index (κ3) is 5.87. The molecule has 0 atom stereocenters. The smallest absolute Gasteiger partial charge is 0.243 e. The van der Waals surface area contributed by atoms with Crippen LogP contribution < -0.4 is 16.0 Å². The molecule has 3 N–H and O–H groups in total. The highest BCUT2D eigenvalue weighted by Crippen LogP contribution is 2.22. The number of benzene rings is 1. The first-order valence-corrected chi connectivity index (χ1v) is 8.23. The fraction of sp³-hybridized carbons (Fsp3) is 0.389. The molecule has 1 amide bonds. The average molecular weight is 361 g/mol. The van der Waals surface area contributed by atoms with Gasteiger partial charge >= 0.3 is 0 Å². The summed E-state index contributed by atoms with van der Waals surface area (Å²) < 4.78 is 18.8. The summed E-state index contributed by atoms with van der Waals surface area (Å²) in [5.74, 6) is 1.03. The van der Waals surface area contributed by atoms with E-state index in [0.29, 0.717) is 24.1 Å². The number of aromatic nitrogens is 1. The lowest BCUT2D eigenvalue weighted by Crippen LogP contribution is -2.41. The van der Waals surface area contributed by atoms with E-state index in [4.69, 9.17) is 4.42 Å². The van der Waals surface area contributed by atoms with E-state index in [0.717, 1.165) is 5.76 Å². The van der Waals surface area contributed by atoms with E-state index in [1.165, 1.54) is 18.2 Å². The molecule has 26 heavy (non-hydrogen) atoms. The zero-order valence-corrected chi connectivity index (χ0v) is 15.4. The van der Waals surface area contributed by atoms with E-state index in [9.17, 15) is 9.18 Å². The number of nitrogens with zero attached hydrogens (tertiary/aromatic N) is 2. The van der Waals surface area contributed by atoms with Crippen molar-refractivity contribution in [3.05, 3.63) is 47.9 Å². The molecule has 0 aliphatic carbocycles. The van der Waals surface area contributed by atoms with Crippen LogP contribution in [0.2, 0.25) is 0 Å². The monoisotopic (exact) mass is 361 g/mol. The van der Waals surface area contributed by atoms with Gasteiger partial charge in [-0.15, -0.1) is 0 Å². The molecule has 0 saturated heterocycles. The minimum absolute atomic E-state index is 0.0188. The predicted octanol–water partition coefficient (Wildman–Crippen LogP) is 2.41. The van der Waals surface area contributed by atoms with Gasteiger partial charge in [-0.25, -0.2) is 9.37 Å². The zero-order chi connectivity index (χ0) is 19.2. The highest BCUT2D eigenvalue weighted by Gasteiger charge is 2.19. The molecule has 1 aromatic heterocycles. The summed E-state index contributed by atoms with van der Waals surface area (Å²) >= 11 is 0. The number of hydrogen-bond acceptors (Lipinski definition) is 4. The number of anilines is 1. The van der Waals surface area contributed by atoms with Crippen molar-refractivity contribution in [2.24, 2.45) is 4.99 Å². The Kier molecular flexibility index (Phi) is 6.32. The van der Waals surface area contributed by atoms with Crippen LogP contribution in [-0.4, -0.2) is 30.4 Å². The Bertz CT molecular complexity index is 780. The number of nitrogens with one attached hydrogen (secondary N) is 3. The topological polar surface area (TPSA) is 91.5 Å². The first-order chi connectivity index (χ1) is 12.3. The maximum absolute atomic E-state index is 13.1. The normalized spacial score (nSPS) is 12.0. The highest BCUT2D eigenvalue weighted by atomic mass is 19.1. The van der Waals surface area contributed by atoms with Gasteiger partial charge in [0.1, 0.15) is 11.6 Å². The van der Waals surface area contributed by atoms with E-state index in [1.807, 2.05) is 20.8 Å². The number of aliphatic imine (C=N–C) groups is 1. The van der Waals surface area contributed by atoms with Gasteiger partial charge in [0.25, 0.3) is 0 Å². The van der Waals surface area contributed by atoms with Gasteiger partial charge in [0.2, 0.25) is 11.8 Å². The molecule has 7 nitrogen and oxygen atoms in total. The van der Waals surface area contributed by atoms with E-state index >= 15 is 0 Å². The minimum Gasteiger partial charge on any atom is -0.443 e. The van der Waals surface area contributed by atoms with Gasteiger partial charge in [-0.3, -0.25) is 9.79 Å². The molecule has 0 aliphatic rings. The summed E-state index contributed by atoms with van der Waals surface area (Å²) in [5.41, 5.74) is 0.287. The number of carbonyl (C=O) groups excluding carboxylic acids is 1. The summed E-state index contributed by atoms with van der Waals surface area (Å²) in [7, 11) is 1.59. The Balaban J connectivity index is 1.80. The fourth-order valence-corrected chi connectivity index (χ4v) is 2.05. The number of oxazole rings is 1. The van der Waals surface area contributed by atoms with Gasteiger partial charge in [-0.2, -0.15) is 0 Å². The number of guanidine groups is 1. The van der Waals surface area contributed by atoms with Crippen LogP contribution >= 0.6 is 0 Å². The van der Waals surface area contributed by atoms with Crippen LogP contribution in [0.4, 0.5) is 10.1 Å². The van der Waals surface area contributed by atoms with Crippen molar-refractivity contribution < 1.29 is 13.6 Å². The Morgan fingerprint density at radius 2 is 2.08 bits per heavy atom. The van der Waals surface area contributed by atoms with E-state index < -0.39 is 5.82 Å². The van der Waals surface area contributed by atoms with Crippen molar-refractivity contribution >= 4 is 17.6 Å². The van der Waals surface area contributed by atoms with E-state index in [1.54, 1.807) is 19.3 Å². The van der Waals surface area contributed by atoms with Crippen LogP contribution in [0.25, 0.3) is 0 Å². The molecule has 0 radical (unpaired) electrons. The summed E-state index contributed by atoms with van der Waals surface area (Å²) in [6.45, 7) is 6.45. The van der Waals surface area contributed by atoms with Crippen LogP contribution in [0, 0.1) is 5.82 Å². The Labute approximate surface area is 152 Å². The molecule has 0 aliphatic heterocycles. The van der Waals surface area contributed by atoms with Gasteiger partial charge in [0.15, 0.2) is 5.96 Å². The molecule has 1 heterocycles. The van der Waals surface area contributed by atoms with Crippen LogP contribution in [0.1, 0.15) is 32.4 Å². The van der Waals surface area contributed by atoms with Crippen molar-refractivity contribution in [1.29, 1.82) is 0 Å². The van der Waals surface area contributed by atoms with E-state index in [-0.39, 0.29) is 17.9 Å². The molecule has 2 rings (SSSR count). The number of carbonyl (C=O) groups is 1. The number of amides is 1. The molecular formula is C18H24FN5O2. The summed E-state index contributed by atoms with van der Waals surface area (Å²) in [4.78, 5) is 20.2. The summed E-state index contributed by atoms with van der Waals surface area (Å²) in [6.07, 6.45) is 1.71. The third-order valence-electron chi connectivity index (χ3n) is 3.45. The first-order valence-electron chi connectivity index (χ1n) is 8.23. The fourth-order valence-electron chi connectivity index (χ4n) is 2.05. The lowest BCUT2D eigenvalue weighted by atomic mass is 9.94. The molecule has 8 heteroatoms. The second kappa shape index (κ2) is 8.46. The van der Waals surface area contributed by atoms with Crippen LogP contribution in [0.3, 0.4) is 0 Å². The van der Waals surface area contributed by atoms with Crippen LogP contribution in [0.5, 0.6) is 0 Å². The Morgan fingerprint density at radius 1 is 1.31 bits per heavy atom. The number of hydrogen-bond donors (Lipinski definition) is 3. The zero-order valence-electron chi connectivity index (χ0n) is 15.4. The van der Waals surface area contributed by atoms with Crippen LogP contribution in [0.15, 0.2) is 39.9 Å². The second-order valence-electron chi connectivity index (χ2n) is 6.71. The number of halogens is 1. The molecular weight excluding hydrogens is 337 g/mol. The van der Waals surface area contributed by atoms with Crippen molar-refractivity contribution in [1.82, 2.24) is 15.6 Å². The molecule has 0 saturated carbocycles. The molecule has 0 spiro atoms. The molecule has 0 bridgehead atoms. The Morgan fingerprint density at radius 3 is 2.69 bits per heavy atom. The van der Waals surface area contributed by atoms with Gasteiger partial charge in [0, 0.05) is 18.2 Å². The summed E-state index contributed by atoms with van der Waals surface area (Å²) in [6, 6.07) is 5.71. The maximum Gasteiger partial charge on any atom is 0.243 e. The van der Waals surface area contributed by atoms with Crippen molar-refractivity contribution in [3.8, 4) is 0 Å². The molecule has 140 valence electrons. The highest BCUT2D eigenvalue weighted by molar-refractivity contribution is 5.94. The quantitative estimate of drug-likeness (QED) is 0.562. The van der Waals surface area contributed by atoms with E-state index in [2.05, 4.69) is 25.9 Å². The molecule has 0 unspecified atom stereocenters. The van der Waals surface area contributed by atoms with Crippen molar-refractivity contribution in [2.75, 3.05) is 18.9 Å². The predicted molar refractivity (Wildman–Crippen MR) is 98.4 cm³/mol. The lowest BCUT2D eigenvalue weighted by molar-refractivity contribution is -0.115. The standard InChI is InChI=1S/C18H24FN5O2/c1-18(2,3)14-9-21-16(26-14)11-23-17(20-4)22-10-15(25)24-13-7-5-6-12(19)8-13/h5-9H,10-11H2,1-4H3,(H,24,25)(H2,20,22,23). The van der Waals surface area contributed by atoms with Crippen LogP contribution in [-0.2, 0) is 16.8 Å². The SMILES string of the molecule is CN=C(NCC(=O)Nc1cccc(F)c1)NCc1ncc(C(C)(C)C)o1. The second-order valence-corrected chi connectivity index (χ2v) is 6.71. The molecule has 1 aromatic carbocycles. The van der Waals surface area contributed by atoms with Crippen molar-refractivity contribution in [3.63, 3.8) is 0 Å². The van der Waals surface area contributed by atoms with Gasteiger partial charge in [-0.05, 0) is 18.2 Å². The number of rotatable bonds is 5. The Hall–Kier alpha value is -2.90. The van der Waals surface area contributed by atoms with Gasteiger partial charge in [0.05, 0.1) is 19.3 Å². The lowest BCUT2D eigenvalue weighted by Gasteiger charge is -2.13. The largest absolute Gasteiger partial charge is 0.443 e. The molecule has 0 fully saturated rings. The molecule has 2 aromatic rings. The van der Waals surface area contributed by atoms with Gasteiger partial charge < -0.3 is 20.4 Å². The third-order valence-corrected chi connectivity index (χ3v) is 3.45.